The molecular weight excluding hydrogens is 459 g/mol. The van der Waals surface area contributed by atoms with Crippen molar-refractivity contribution < 1.29 is 18.7 Å². The van der Waals surface area contributed by atoms with Gasteiger partial charge in [-0.2, -0.15) is 0 Å². The highest BCUT2D eigenvalue weighted by Crippen LogP contribution is 2.45. The molecule has 3 nitrogen and oxygen atoms in total. The molecule has 0 amide bonds. The van der Waals surface area contributed by atoms with Gasteiger partial charge in [-0.05, 0) is 69.2 Å². The Morgan fingerprint density at radius 2 is 1.69 bits per heavy atom. The number of halogens is 1. The normalized spacial score (nSPS) is 11.7. The Labute approximate surface area is 208 Å². The van der Waals surface area contributed by atoms with Crippen molar-refractivity contribution in [2.45, 2.75) is 40.2 Å². The molecule has 1 atom stereocenters. The van der Waals surface area contributed by atoms with Crippen molar-refractivity contribution in [2.24, 2.45) is 0 Å². The summed E-state index contributed by atoms with van der Waals surface area (Å²) in [5.41, 5.74) is 1.43. The van der Waals surface area contributed by atoms with Gasteiger partial charge in [0.2, 0.25) is 0 Å². The van der Waals surface area contributed by atoms with Gasteiger partial charge in [0.25, 0.3) is 0 Å². The summed E-state index contributed by atoms with van der Waals surface area (Å²) in [6, 6.07) is 21.0. The molecule has 3 aromatic carbocycles. The number of hydrogen-bond acceptors (Lipinski definition) is 3. The standard InChI is InChI=1S/C30H28FO3S/c1-20-15-26(35-22(3)17-24-10-6-7-12-27(24)35)16-21(2)29(20)33-19-28(32)34-30(4,5)14-13-23-9-8-11-25(31)18-23/h6-12,15-18H,19H2,1-5H3/q+1. The van der Waals surface area contributed by atoms with E-state index in [0.29, 0.717) is 11.3 Å². The van der Waals surface area contributed by atoms with Crippen LogP contribution in [-0.2, 0) is 9.53 Å². The first-order valence-corrected chi connectivity index (χ1v) is 12.6. The third kappa shape index (κ3) is 5.72. The van der Waals surface area contributed by atoms with E-state index in [-0.39, 0.29) is 22.9 Å². The molecule has 1 aromatic heterocycles. The molecular formula is C30H28FO3S+. The second kappa shape index (κ2) is 9.93. The van der Waals surface area contributed by atoms with Gasteiger partial charge in [0.05, 0.1) is 0 Å². The van der Waals surface area contributed by atoms with Crippen LogP contribution in [0.25, 0.3) is 15.0 Å². The lowest BCUT2D eigenvalue weighted by molar-refractivity contribution is -0.154. The quantitative estimate of drug-likeness (QED) is 0.167. The van der Waals surface area contributed by atoms with Crippen LogP contribution in [0.2, 0.25) is 0 Å². The molecule has 4 aromatic rings. The fourth-order valence-electron chi connectivity index (χ4n) is 4.07. The molecule has 5 heteroatoms. The second-order valence-corrected chi connectivity index (χ2v) is 11.2. The van der Waals surface area contributed by atoms with Gasteiger partial charge in [-0.15, -0.1) is 0 Å². The van der Waals surface area contributed by atoms with Gasteiger partial charge in [-0.1, -0.05) is 30.0 Å². The van der Waals surface area contributed by atoms with Crippen LogP contribution in [0.5, 0.6) is 5.75 Å². The first-order valence-electron chi connectivity index (χ1n) is 11.4. The Balaban J connectivity index is 1.46. The van der Waals surface area contributed by atoms with Crippen molar-refractivity contribution in [2.75, 3.05) is 6.61 Å². The average molecular weight is 488 g/mol. The van der Waals surface area contributed by atoms with Crippen molar-refractivity contribution >= 4 is 26.5 Å². The number of carbonyl (C=O) groups excluding carboxylic acids is 1. The van der Waals surface area contributed by atoms with Crippen LogP contribution in [0.1, 0.15) is 35.4 Å². The van der Waals surface area contributed by atoms with Crippen LogP contribution in [0.15, 0.2) is 66.7 Å². The minimum atomic E-state index is -1.04. The Kier molecular flexibility index (Phi) is 6.95. The predicted molar refractivity (Wildman–Crippen MR) is 141 cm³/mol. The van der Waals surface area contributed by atoms with E-state index < -0.39 is 11.6 Å². The Hall–Kier alpha value is -3.62. The molecule has 0 aliphatic carbocycles. The summed E-state index contributed by atoms with van der Waals surface area (Å²) >= 11 is 0. The topological polar surface area (TPSA) is 35.5 Å². The highest BCUT2D eigenvalue weighted by molar-refractivity contribution is 7.45. The van der Waals surface area contributed by atoms with E-state index in [1.165, 1.54) is 32.0 Å². The molecule has 0 bridgehead atoms. The fourth-order valence-corrected chi connectivity index (χ4v) is 6.45. The molecule has 0 aliphatic rings. The summed E-state index contributed by atoms with van der Waals surface area (Å²) in [6.45, 7) is 9.33. The summed E-state index contributed by atoms with van der Waals surface area (Å²) in [7, 11) is -0.110. The van der Waals surface area contributed by atoms with Crippen LogP contribution in [0, 0.1) is 38.4 Å². The van der Waals surface area contributed by atoms with Crippen LogP contribution in [0.3, 0.4) is 0 Å². The Morgan fingerprint density at radius 3 is 2.40 bits per heavy atom. The second-order valence-electron chi connectivity index (χ2n) is 9.02. The van der Waals surface area contributed by atoms with E-state index in [2.05, 4.69) is 61.2 Å². The molecule has 178 valence electrons. The number of fused-ring (bicyclic) bond motifs is 1. The predicted octanol–water partition coefficient (Wildman–Crippen LogP) is 7.39. The number of thiophene rings is 1. The molecule has 0 saturated carbocycles. The maximum atomic E-state index is 13.3. The summed E-state index contributed by atoms with van der Waals surface area (Å²) in [6.07, 6.45) is 0. The highest BCUT2D eigenvalue weighted by Gasteiger charge is 2.24. The van der Waals surface area contributed by atoms with Gasteiger partial charge in [0.15, 0.2) is 26.7 Å². The van der Waals surface area contributed by atoms with E-state index in [4.69, 9.17) is 9.47 Å². The largest absolute Gasteiger partial charge is 0.481 e. The minimum absolute atomic E-state index is 0.110. The van der Waals surface area contributed by atoms with Crippen LogP contribution >= 0.6 is 10.5 Å². The molecule has 0 spiro atoms. The SMILES string of the molecule is Cc1cc(-[s+]2c(C)cc3ccccc32)cc(C)c1OCC(=O)OC(C)(C)C#Cc1cccc(F)c1. The summed E-state index contributed by atoms with van der Waals surface area (Å²) < 4.78 is 26.1. The van der Waals surface area contributed by atoms with E-state index in [1.54, 1.807) is 26.0 Å². The van der Waals surface area contributed by atoms with E-state index in [0.717, 1.165) is 11.1 Å². The molecule has 1 unspecified atom stereocenters. The molecule has 35 heavy (non-hydrogen) atoms. The summed E-state index contributed by atoms with van der Waals surface area (Å²) in [4.78, 5) is 15.1. The van der Waals surface area contributed by atoms with E-state index in [9.17, 15) is 9.18 Å². The van der Waals surface area contributed by atoms with Crippen molar-refractivity contribution in [3.63, 3.8) is 0 Å². The van der Waals surface area contributed by atoms with Gasteiger partial charge < -0.3 is 9.47 Å². The van der Waals surface area contributed by atoms with Gasteiger partial charge in [-0.25, -0.2) is 9.18 Å². The van der Waals surface area contributed by atoms with Gasteiger partial charge >= 0.3 is 5.97 Å². The number of esters is 1. The van der Waals surface area contributed by atoms with Crippen LogP contribution < -0.4 is 4.74 Å². The number of ether oxygens (including phenoxy) is 2. The van der Waals surface area contributed by atoms with E-state index in [1.807, 2.05) is 13.8 Å². The molecule has 4 rings (SSSR count). The highest BCUT2D eigenvalue weighted by atomic mass is 32.2. The number of aryl methyl sites for hydroxylation is 3. The first kappa shape index (κ1) is 24.5. The zero-order chi connectivity index (χ0) is 25.2. The third-order valence-electron chi connectivity index (χ3n) is 5.53. The zero-order valence-corrected chi connectivity index (χ0v) is 21.4. The molecule has 0 saturated heterocycles. The number of benzene rings is 3. The Bertz CT molecular complexity index is 1450. The fraction of sp³-hybridized carbons (Fsp3) is 0.233. The third-order valence-corrected chi connectivity index (χ3v) is 7.81. The summed E-state index contributed by atoms with van der Waals surface area (Å²) in [5.74, 6) is 5.55. The van der Waals surface area contributed by atoms with Gasteiger partial charge in [0, 0.05) is 46.5 Å². The van der Waals surface area contributed by atoms with E-state index >= 15 is 0 Å². The minimum Gasteiger partial charge on any atom is -0.481 e. The van der Waals surface area contributed by atoms with Crippen molar-refractivity contribution in [3.05, 3.63) is 94.1 Å². The van der Waals surface area contributed by atoms with Crippen LogP contribution in [-0.4, -0.2) is 18.2 Å². The lowest BCUT2D eigenvalue weighted by Crippen LogP contribution is -2.29. The van der Waals surface area contributed by atoms with Crippen molar-refractivity contribution in [1.29, 1.82) is 0 Å². The van der Waals surface area contributed by atoms with Crippen molar-refractivity contribution in [1.82, 2.24) is 0 Å². The molecule has 0 fully saturated rings. The van der Waals surface area contributed by atoms with Gasteiger partial charge in [-0.3, -0.25) is 0 Å². The smallest absolute Gasteiger partial charge is 0.345 e. The number of hydrogen-bond donors (Lipinski definition) is 0. The zero-order valence-electron chi connectivity index (χ0n) is 20.6. The van der Waals surface area contributed by atoms with Crippen LogP contribution in [0.4, 0.5) is 4.39 Å². The maximum absolute atomic E-state index is 13.3. The molecule has 0 aliphatic heterocycles. The first-order chi connectivity index (χ1) is 16.6. The maximum Gasteiger partial charge on any atom is 0.345 e. The Morgan fingerprint density at radius 1 is 0.971 bits per heavy atom. The lowest BCUT2D eigenvalue weighted by atomic mass is 10.1. The van der Waals surface area contributed by atoms with Gasteiger partial charge in [0.1, 0.15) is 11.6 Å². The lowest BCUT2D eigenvalue weighted by Gasteiger charge is -2.19. The molecule has 0 N–H and O–H groups in total. The van der Waals surface area contributed by atoms with Crippen molar-refractivity contribution in [3.8, 4) is 22.5 Å². The number of rotatable bonds is 5. The monoisotopic (exact) mass is 487 g/mol. The summed E-state index contributed by atoms with van der Waals surface area (Å²) in [5, 5.41) is 1.27. The average Bonchev–Trinajstić information content (AvgIpc) is 3.12. The molecule has 1 heterocycles. The number of carbonyl (C=O) groups is 1. The molecule has 0 radical (unpaired) electrons.